The van der Waals surface area contributed by atoms with Crippen molar-refractivity contribution in [1.29, 1.82) is 5.26 Å². The first-order valence-corrected chi connectivity index (χ1v) is 5.66. The minimum absolute atomic E-state index is 0.187. The lowest BCUT2D eigenvalue weighted by Gasteiger charge is -2.17. The second-order valence-corrected chi connectivity index (χ2v) is 4.29. The van der Waals surface area contributed by atoms with E-state index in [1.807, 2.05) is 13.0 Å². The second-order valence-electron chi connectivity index (χ2n) is 3.89. The number of carbonyl (C=O) groups is 1. The Morgan fingerprint density at radius 1 is 1.61 bits per heavy atom. The van der Waals surface area contributed by atoms with Gasteiger partial charge in [0.2, 0.25) is 6.10 Å². The van der Waals surface area contributed by atoms with E-state index in [0.29, 0.717) is 16.5 Å². The molecule has 1 aromatic carbocycles. The van der Waals surface area contributed by atoms with Crippen molar-refractivity contribution in [2.45, 2.75) is 13.0 Å². The molecule has 18 heavy (non-hydrogen) atoms. The Bertz CT molecular complexity index is 539. The number of rotatable bonds is 2. The maximum absolute atomic E-state index is 11.7. The number of nitrogens with zero attached hydrogens (tertiary/aromatic N) is 2. The average molecular weight is 267 g/mol. The van der Waals surface area contributed by atoms with Crippen molar-refractivity contribution in [1.82, 2.24) is 0 Å². The summed E-state index contributed by atoms with van der Waals surface area (Å²) in [6, 6.07) is 5.28. The smallest absolute Gasteiger partial charge is 0.415 e. The number of aryl methyl sites for hydroxylation is 1. The van der Waals surface area contributed by atoms with Gasteiger partial charge in [-0.1, -0.05) is 11.6 Å². The number of halogens is 1. The molecule has 0 spiro atoms. The fraction of sp³-hybridized carbons (Fsp3) is 0.333. The van der Waals surface area contributed by atoms with Gasteiger partial charge in [0.25, 0.3) is 0 Å². The van der Waals surface area contributed by atoms with E-state index >= 15 is 0 Å². The van der Waals surface area contributed by atoms with E-state index in [4.69, 9.17) is 26.3 Å². The van der Waals surface area contributed by atoms with Crippen molar-refractivity contribution < 1.29 is 14.3 Å². The standard InChI is InChI=1S/C12H11ClN2O3/c1-7-3-10(11(17-2)4-9(7)13)15-6-8(5-14)18-12(15)16/h3-4,8H,6H2,1-2H3. The largest absolute Gasteiger partial charge is 0.495 e. The molecule has 94 valence electrons. The third kappa shape index (κ3) is 2.07. The van der Waals surface area contributed by atoms with Crippen molar-refractivity contribution in [3.05, 3.63) is 22.7 Å². The second kappa shape index (κ2) is 4.75. The number of benzene rings is 1. The van der Waals surface area contributed by atoms with Crippen LogP contribution in [0.3, 0.4) is 0 Å². The molecule has 1 saturated heterocycles. The third-order valence-corrected chi connectivity index (χ3v) is 3.11. The van der Waals surface area contributed by atoms with Crippen LogP contribution in [-0.2, 0) is 4.74 Å². The quantitative estimate of drug-likeness (QED) is 0.825. The zero-order chi connectivity index (χ0) is 13.3. The highest BCUT2D eigenvalue weighted by Crippen LogP contribution is 2.35. The predicted octanol–water partition coefficient (Wildman–Crippen LogP) is 2.51. The van der Waals surface area contributed by atoms with Crippen LogP contribution in [0.4, 0.5) is 10.5 Å². The zero-order valence-corrected chi connectivity index (χ0v) is 10.7. The fourth-order valence-corrected chi connectivity index (χ4v) is 1.90. The number of carbonyl (C=O) groups excluding carboxylic acids is 1. The fourth-order valence-electron chi connectivity index (χ4n) is 1.75. The molecule has 1 atom stereocenters. The van der Waals surface area contributed by atoms with E-state index < -0.39 is 12.2 Å². The maximum Gasteiger partial charge on any atom is 0.415 e. The van der Waals surface area contributed by atoms with Gasteiger partial charge in [-0.05, 0) is 18.6 Å². The molecule has 1 unspecified atom stereocenters. The maximum atomic E-state index is 11.7. The minimum Gasteiger partial charge on any atom is -0.495 e. The Hall–Kier alpha value is -1.93. The summed E-state index contributed by atoms with van der Waals surface area (Å²) in [4.78, 5) is 13.0. The summed E-state index contributed by atoms with van der Waals surface area (Å²) in [6.45, 7) is 2.02. The number of cyclic esters (lactones) is 1. The normalized spacial score (nSPS) is 18.4. The van der Waals surface area contributed by atoms with Crippen LogP contribution in [0, 0.1) is 18.3 Å². The van der Waals surface area contributed by atoms with Gasteiger partial charge in [-0.3, -0.25) is 4.90 Å². The molecule has 0 saturated carbocycles. The van der Waals surface area contributed by atoms with E-state index in [1.165, 1.54) is 12.0 Å². The van der Waals surface area contributed by atoms with Gasteiger partial charge in [-0.25, -0.2) is 4.79 Å². The van der Waals surface area contributed by atoms with Crippen LogP contribution < -0.4 is 9.64 Å². The van der Waals surface area contributed by atoms with Gasteiger partial charge in [-0.2, -0.15) is 5.26 Å². The number of methoxy groups -OCH3 is 1. The minimum atomic E-state index is -0.752. The Kier molecular flexibility index (Phi) is 3.30. The van der Waals surface area contributed by atoms with Crippen LogP contribution in [0.15, 0.2) is 12.1 Å². The molecular weight excluding hydrogens is 256 g/mol. The first-order valence-electron chi connectivity index (χ1n) is 5.28. The third-order valence-electron chi connectivity index (χ3n) is 2.71. The summed E-state index contributed by atoms with van der Waals surface area (Å²) in [5, 5.41) is 9.32. The summed E-state index contributed by atoms with van der Waals surface area (Å²) >= 11 is 6.00. The highest BCUT2D eigenvalue weighted by molar-refractivity contribution is 6.31. The van der Waals surface area contributed by atoms with Crippen LogP contribution in [0.1, 0.15) is 5.56 Å². The Morgan fingerprint density at radius 2 is 2.33 bits per heavy atom. The first kappa shape index (κ1) is 12.5. The van der Waals surface area contributed by atoms with Gasteiger partial charge in [0, 0.05) is 11.1 Å². The average Bonchev–Trinajstić information content (AvgIpc) is 2.73. The predicted molar refractivity (Wildman–Crippen MR) is 66.0 cm³/mol. The molecule has 1 aromatic rings. The van der Waals surface area contributed by atoms with Crippen LogP contribution in [0.25, 0.3) is 0 Å². The number of hydrogen-bond donors (Lipinski definition) is 0. The summed E-state index contributed by atoms with van der Waals surface area (Å²) in [7, 11) is 1.49. The van der Waals surface area contributed by atoms with E-state index in [-0.39, 0.29) is 6.54 Å². The van der Waals surface area contributed by atoms with Crippen molar-refractivity contribution in [3.63, 3.8) is 0 Å². The molecule has 0 bridgehead atoms. The molecule has 0 aliphatic carbocycles. The molecule has 0 N–H and O–H groups in total. The number of ether oxygens (including phenoxy) is 2. The van der Waals surface area contributed by atoms with Crippen LogP contribution in [0.5, 0.6) is 5.75 Å². The van der Waals surface area contributed by atoms with Crippen molar-refractivity contribution in [2.75, 3.05) is 18.6 Å². The topological polar surface area (TPSA) is 62.6 Å². The molecule has 1 aliphatic heterocycles. The highest BCUT2D eigenvalue weighted by atomic mass is 35.5. The van der Waals surface area contributed by atoms with Gasteiger partial charge in [0.1, 0.15) is 11.8 Å². The molecule has 1 amide bonds. The Morgan fingerprint density at radius 3 is 2.89 bits per heavy atom. The van der Waals surface area contributed by atoms with Crippen LogP contribution in [0.2, 0.25) is 5.02 Å². The van der Waals surface area contributed by atoms with Gasteiger partial charge in [0.15, 0.2) is 0 Å². The van der Waals surface area contributed by atoms with Crippen LogP contribution >= 0.6 is 11.6 Å². The van der Waals surface area contributed by atoms with Gasteiger partial charge < -0.3 is 9.47 Å². The SMILES string of the molecule is COc1cc(Cl)c(C)cc1N1CC(C#N)OC1=O. The van der Waals surface area contributed by atoms with E-state index in [9.17, 15) is 4.79 Å². The van der Waals surface area contributed by atoms with E-state index in [0.717, 1.165) is 5.56 Å². The highest BCUT2D eigenvalue weighted by Gasteiger charge is 2.34. The molecule has 6 heteroatoms. The Labute approximate surface area is 109 Å². The molecular formula is C12H11ClN2O3. The number of amides is 1. The molecule has 0 radical (unpaired) electrons. The number of anilines is 1. The molecule has 1 heterocycles. The molecule has 5 nitrogen and oxygen atoms in total. The molecule has 0 aromatic heterocycles. The Balaban J connectivity index is 2.42. The van der Waals surface area contributed by atoms with Gasteiger partial charge >= 0.3 is 6.09 Å². The lowest BCUT2D eigenvalue weighted by atomic mass is 10.2. The molecule has 2 rings (SSSR count). The lowest BCUT2D eigenvalue weighted by Crippen LogP contribution is -2.24. The number of hydrogen-bond acceptors (Lipinski definition) is 4. The van der Waals surface area contributed by atoms with Gasteiger partial charge in [-0.15, -0.1) is 0 Å². The van der Waals surface area contributed by atoms with E-state index in [2.05, 4.69) is 0 Å². The monoisotopic (exact) mass is 266 g/mol. The number of nitriles is 1. The summed E-state index contributed by atoms with van der Waals surface area (Å²) in [5.41, 5.74) is 1.38. The first-order chi connectivity index (χ1) is 8.56. The summed E-state index contributed by atoms with van der Waals surface area (Å²) < 4.78 is 10.1. The molecule has 1 fully saturated rings. The zero-order valence-electron chi connectivity index (χ0n) is 9.94. The van der Waals surface area contributed by atoms with Crippen molar-refractivity contribution >= 4 is 23.4 Å². The van der Waals surface area contributed by atoms with Crippen LogP contribution in [-0.4, -0.2) is 25.9 Å². The van der Waals surface area contributed by atoms with Gasteiger partial charge in [0.05, 0.1) is 19.3 Å². The molecule has 1 aliphatic rings. The van der Waals surface area contributed by atoms with E-state index in [1.54, 1.807) is 12.1 Å². The van der Waals surface area contributed by atoms with Crippen molar-refractivity contribution in [3.8, 4) is 11.8 Å². The summed E-state index contributed by atoms with van der Waals surface area (Å²) in [5.74, 6) is 0.473. The summed E-state index contributed by atoms with van der Waals surface area (Å²) in [6.07, 6.45) is -1.31. The van der Waals surface area contributed by atoms with Crippen molar-refractivity contribution in [2.24, 2.45) is 0 Å². The lowest BCUT2D eigenvalue weighted by molar-refractivity contribution is 0.162.